The van der Waals surface area contributed by atoms with Crippen molar-refractivity contribution in [3.05, 3.63) is 23.9 Å². The third-order valence-corrected chi connectivity index (χ3v) is 6.74. The van der Waals surface area contributed by atoms with E-state index in [1.165, 1.54) is 25.7 Å². The summed E-state index contributed by atoms with van der Waals surface area (Å²) in [4.78, 5) is 34.3. The van der Waals surface area contributed by atoms with Crippen molar-refractivity contribution in [1.29, 1.82) is 0 Å². The molecule has 2 heterocycles. The molecule has 1 aliphatic heterocycles. The first-order chi connectivity index (χ1) is 16.1. The van der Waals surface area contributed by atoms with Gasteiger partial charge in [0.15, 0.2) is 0 Å². The van der Waals surface area contributed by atoms with Crippen molar-refractivity contribution in [2.24, 2.45) is 5.92 Å². The Morgan fingerprint density at radius 3 is 2.33 bits per heavy atom. The van der Waals surface area contributed by atoms with Crippen LogP contribution in [0, 0.1) is 5.92 Å². The van der Waals surface area contributed by atoms with E-state index in [1.807, 2.05) is 17.0 Å². The van der Waals surface area contributed by atoms with Crippen molar-refractivity contribution in [3.63, 3.8) is 0 Å². The number of aromatic nitrogens is 1. The van der Waals surface area contributed by atoms with Gasteiger partial charge in [0.2, 0.25) is 5.91 Å². The fourth-order valence-electron chi connectivity index (χ4n) is 5.03. The maximum absolute atomic E-state index is 12.8. The number of pyridine rings is 1. The summed E-state index contributed by atoms with van der Waals surface area (Å²) in [6, 6.07) is 3.63. The third-order valence-electron chi connectivity index (χ3n) is 6.74. The number of carbonyl (C=O) groups is 2. The molecule has 33 heavy (non-hydrogen) atoms. The van der Waals surface area contributed by atoms with Gasteiger partial charge in [-0.2, -0.15) is 0 Å². The molecule has 0 bridgehead atoms. The zero-order chi connectivity index (χ0) is 23.4. The van der Waals surface area contributed by atoms with Crippen LogP contribution in [0.15, 0.2) is 18.3 Å². The number of carbonyl (C=O) groups excluding carboxylic acids is 2. The lowest BCUT2D eigenvalue weighted by Crippen LogP contribution is -2.49. The number of nitrogens with zero attached hydrogens (tertiary/aromatic N) is 3. The molecule has 0 spiro atoms. The van der Waals surface area contributed by atoms with Gasteiger partial charge in [-0.1, -0.05) is 12.8 Å². The quantitative estimate of drug-likeness (QED) is 0.590. The van der Waals surface area contributed by atoms with E-state index in [0.717, 1.165) is 5.69 Å². The summed E-state index contributed by atoms with van der Waals surface area (Å²) in [5.74, 6) is 1.57. The fourth-order valence-corrected chi connectivity index (χ4v) is 5.03. The molecule has 178 valence electrons. The number of methoxy groups -OCH3 is 2. The molecule has 0 radical (unpaired) electrons. The van der Waals surface area contributed by atoms with Crippen LogP contribution in [0.25, 0.3) is 10.9 Å². The number of fused-ring (bicyclic) bond motifs is 1. The van der Waals surface area contributed by atoms with Gasteiger partial charge in [-0.15, -0.1) is 0 Å². The number of piperazine rings is 1. The molecule has 8 heteroatoms. The van der Waals surface area contributed by atoms with Crippen molar-refractivity contribution in [2.45, 2.75) is 39.0 Å². The van der Waals surface area contributed by atoms with Crippen LogP contribution in [0.1, 0.15) is 49.4 Å². The van der Waals surface area contributed by atoms with E-state index in [2.05, 4.69) is 9.88 Å². The minimum Gasteiger partial charge on any atom is -0.496 e. The maximum Gasteiger partial charge on any atom is 0.341 e. The van der Waals surface area contributed by atoms with E-state index in [9.17, 15) is 9.59 Å². The minimum atomic E-state index is -0.425. The lowest BCUT2D eigenvalue weighted by molar-refractivity contribution is -0.132. The summed E-state index contributed by atoms with van der Waals surface area (Å²) in [5.41, 5.74) is 1.73. The van der Waals surface area contributed by atoms with Crippen LogP contribution in [0.5, 0.6) is 11.5 Å². The second-order valence-corrected chi connectivity index (χ2v) is 8.66. The molecule has 8 nitrogen and oxygen atoms in total. The number of amides is 1. The maximum atomic E-state index is 12.8. The summed E-state index contributed by atoms with van der Waals surface area (Å²) in [6.07, 6.45) is 7.01. The molecule has 1 amide bonds. The first-order valence-electron chi connectivity index (χ1n) is 11.8. The van der Waals surface area contributed by atoms with Gasteiger partial charge in [0, 0.05) is 38.8 Å². The molecule has 0 atom stereocenters. The molecule has 2 aliphatic rings. The second-order valence-electron chi connectivity index (χ2n) is 8.66. The normalized spacial score (nSPS) is 16.8. The van der Waals surface area contributed by atoms with Crippen LogP contribution in [0.3, 0.4) is 0 Å². The van der Waals surface area contributed by atoms with Gasteiger partial charge in [0.1, 0.15) is 22.6 Å². The number of rotatable bonds is 7. The molecule has 1 aromatic carbocycles. The zero-order valence-electron chi connectivity index (χ0n) is 19.8. The predicted molar refractivity (Wildman–Crippen MR) is 126 cm³/mol. The van der Waals surface area contributed by atoms with Gasteiger partial charge >= 0.3 is 5.97 Å². The molecule has 2 fully saturated rings. The van der Waals surface area contributed by atoms with Crippen LogP contribution < -0.4 is 14.4 Å². The Balaban J connectivity index is 1.66. The van der Waals surface area contributed by atoms with Gasteiger partial charge in [-0.05, 0) is 37.8 Å². The molecule has 1 saturated heterocycles. The highest BCUT2D eigenvalue weighted by Gasteiger charge is 2.30. The van der Waals surface area contributed by atoms with Gasteiger partial charge in [0.05, 0.1) is 31.9 Å². The van der Waals surface area contributed by atoms with Crippen LogP contribution in [0.4, 0.5) is 5.69 Å². The summed E-state index contributed by atoms with van der Waals surface area (Å²) < 4.78 is 16.5. The van der Waals surface area contributed by atoms with Crippen molar-refractivity contribution in [2.75, 3.05) is 51.9 Å². The standard InChI is InChI=1S/C25H33N3O5/c1-4-33-25(30)18-16-26-23-20(32-3)10-9-19(31-2)22(23)24(18)28-13-11-27(12-14-28)21(29)15-17-7-5-6-8-17/h9-10,16-17H,4-8,11-15H2,1-3H3. The zero-order valence-corrected chi connectivity index (χ0v) is 19.8. The summed E-state index contributed by atoms with van der Waals surface area (Å²) in [7, 11) is 3.19. The van der Waals surface area contributed by atoms with E-state index in [4.69, 9.17) is 14.2 Å². The molecule has 0 unspecified atom stereocenters. The molecular formula is C25H33N3O5. The Labute approximate surface area is 194 Å². The van der Waals surface area contributed by atoms with E-state index < -0.39 is 5.97 Å². The molecule has 1 aromatic heterocycles. The SMILES string of the molecule is CCOC(=O)c1cnc2c(OC)ccc(OC)c2c1N1CCN(C(=O)CC2CCCC2)CC1. The second kappa shape index (κ2) is 10.3. The lowest BCUT2D eigenvalue weighted by Gasteiger charge is -2.37. The summed E-state index contributed by atoms with van der Waals surface area (Å²) >= 11 is 0. The lowest BCUT2D eigenvalue weighted by atomic mass is 10.0. The monoisotopic (exact) mass is 455 g/mol. The average molecular weight is 456 g/mol. The highest BCUT2D eigenvalue weighted by atomic mass is 16.5. The Morgan fingerprint density at radius 1 is 1.03 bits per heavy atom. The average Bonchev–Trinajstić information content (AvgIpc) is 3.35. The Kier molecular flexibility index (Phi) is 7.20. The number of hydrogen-bond acceptors (Lipinski definition) is 7. The van der Waals surface area contributed by atoms with E-state index in [0.29, 0.717) is 66.5 Å². The highest BCUT2D eigenvalue weighted by Crippen LogP contribution is 2.41. The summed E-state index contributed by atoms with van der Waals surface area (Å²) in [5, 5.41) is 0.716. The number of esters is 1. The van der Waals surface area contributed by atoms with Crippen molar-refractivity contribution in [3.8, 4) is 11.5 Å². The number of benzene rings is 1. The van der Waals surface area contributed by atoms with Gasteiger partial charge in [-0.3, -0.25) is 9.78 Å². The topological polar surface area (TPSA) is 81.2 Å². The van der Waals surface area contributed by atoms with Crippen LogP contribution in [-0.2, 0) is 9.53 Å². The summed E-state index contributed by atoms with van der Waals surface area (Å²) in [6.45, 7) is 4.51. The van der Waals surface area contributed by atoms with Crippen LogP contribution >= 0.6 is 0 Å². The number of hydrogen-bond donors (Lipinski definition) is 0. The highest BCUT2D eigenvalue weighted by molar-refractivity contribution is 6.09. The van der Waals surface area contributed by atoms with Crippen molar-refractivity contribution < 1.29 is 23.8 Å². The van der Waals surface area contributed by atoms with E-state index in [-0.39, 0.29) is 12.5 Å². The van der Waals surface area contributed by atoms with Crippen LogP contribution in [-0.4, -0.2) is 68.8 Å². The van der Waals surface area contributed by atoms with Gasteiger partial charge < -0.3 is 24.0 Å². The Hall–Kier alpha value is -3.03. The number of ether oxygens (including phenoxy) is 3. The largest absolute Gasteiger partial charge is 0.496 e. The van der Waals surface area contributed by atoms with Gasteiger partial charge in [0.25, 0.3) is 0 Å². The fraction of sp³-hybridized carbons (Fsp3) is 0.560. The molecule has 1 saturated carbocycles. The molecule has 4 rings (SSSR count). The smallest absolute Gasteiger partial charge is 0.341 e. The van der Waals surface area contributed by atoms with Crippen LogP contribution in [0.2, 0.25) is 0 Å². The van der Waals surface area contributed by atoms with E-state index in [1.54, 1.807) is 27.3 Å². The molecule has 2 aromatic rings. The minimum absolute atomic E-state index is 0.242. The molecular weight excluding hydrogens is 422 g/mol. The Morgan fingerprint density at radius 2 is 1.70 bits per heavy atom. The van der Waals surface area contributed by atoms with Crippen molar-refractivity contribution >= 4 is 28.5 Å². The third kappa shape index (κ3) is 4.70. The predicted octanol–water partition coefficient (Wildman–Crippen LogP) is 3.66. The van der Waals surface area contributed by atoms with E-state index >= 15 is 0 Å². The first kappa shape index (κ1) is 23.1. The number of anilines is 1. The van der Waals surface area contributed by atoms with Crippen molar-refractivity contribution in [1.82, 2.24) is 9.88 Å². The van der Waals surface area contributed by atoms with Gasteiger partial charge in [-0.25, -0.2) is 4.79 Å². The Bertz CT molecular complexity index is 1010. The molecule has 0 N–H and O–H groups in total. The first-order valence-corrected chi connectivity index (χ1v) is 11.8. The molecule has 1 aliphatic carbocycles.